The van der Waals surface area contributed by atoms with Crippen molar-refractivity contribution in [1.82, 2.24) is 10.6 Å². The van der Waals surface area contributed by atoms with Gasteiger partial charge in [0, 0.05) is 5.56 Å². The van der Waals surface area contributed by atoms with Gasteiger partial charge in [0.15, 0.2) is 0 Å². The molecule has 0 unspecified atom stereocenters. The quantitative estimate of drug-likeness (QED) is 0.595. The fourth-order valence-electron chi connectivity index (χ4n) is 2.60. The van der Waals surface area contributed by atoms with Crippen molar-refractivity contribution in [2.45, 2.75) is 26.3 Å². The molecule has 0 aromatic heterocycles. The number of carboxylic acids is 1. The van der Waals surface area contributed by atoms with E-state index in [2.05, 4.69) is 10.6 Å². The van der Waals surface area contributed by atoms with Gasteiger partial charge in [-0.1, -0.05) is 44.2 Å². The van der Waals surface area contributed by atoms with Crippen LogP contribution in [0.15, 0.2) is 60.3 Å². The Hall–Kier alpha value is -3.48. The SMILES string of the molecule is CC(C)C[C@@H](NC(=O)/C(=C/c1ccc(F)cc1)NC(=O)c1ccccc1)C(=O)O. The predicted octanol–water partition coefficient (Wildman–Crippen LogP) is 3.21. The molecule has 2 aromatic carbocycles. The predicted molar refractivity (Wildman–Crippen MR) is 107 cm³/mol. The second kappa shape index (κ2) is 10.2. The molecule has 2 amide bonds. The number of hydrogen-bond donors (Lipinski definition) is 3. The van der Waals surface area contributed by atoms with Gasteiger partial charge in [0.2, 0.25) is 0 Å². The molecule has 0 aliphatic heterocycles. The van der Waals surface area contributed by atoms with Crippen molar-refractivity contribution in [1.29, 1.82) is 0 Å². The Morgan fingerprint density at radius 3 is 2.21 bits per heavy atom. The fourth-order valence-corrected chi connectivity index (χ4v) is 2.60. The number of carbonyl (C=O) groups is 3. The van der Waals surface area contributed by atoms with Gasteiger partial charge in [0.25, 0.3) is 11.8 Å². The van der Waals surface area contributed by atoms with E-state index in [1.54, 1.807) is 30.3 Å². The van der Waals surface area contributed by atoms with Crippen LogP contribution in [-0.2, 0) is 9.59 Å². The third-order valence-electron chi connectivity index (χ3n) is 4.02. The minimum atomic E-state index is -1.16. The number of benzene rings is 2. The van der Waals surface area contributed by atoms with E-state index in [1.807, 2.05) is 13.8 Å². The Morgan fingerprint density at radius 1 is 1.03 bits per heavy atom. The number of aliphatic carboxylic acids is 1. The molecule has 2 rings (SSSR count). The molecule has 7 heteroatoms. The zero-order chi connectivity index (χ0) is 21.4. The maximum Gasteiger partial charge on any atom is 0.326 e. The normalized spacial score (nSPS) is 12.3. The number of hydrogen-bond acceptors (Lipinski definition) is 3. The largest absolute Gasteiger partial charge is 0.480 e. The van der Waals surface area contributed by atoms with Gasteiger partial charge in [-0.25, -0.2) is 9.18 Å². The molecule has 1 atom stereocenters. The summed E-state index contributed by atoms with van der Waals surface area (Å²) in [5.41, 5.74) is 0.670. The zero-order valence-corrected chi connectivity index (χ0v) is 16.2. The van der Waals surface area contributed by atoms with Crippen molar-refractivity contribution >= 4 is 23.9 Å². The molecule has 29 heavy (non-hydrogen) atoms. The molecule has 0 heterocycles. The Morgan fingerprint density at radius 2 is 1.66 bits per heavy atom. The molecule has 0 aliphatic carbocycles. The summed E-state index contributed by atoms with van der Waals surface area (Å²) in [5.74, 6) is -2.83. The summed E-state index contributed by atoms with van der Waals surface area (Å²) in [7, 11) is 0. The van der Waals surface area contributed by atoms with Gasteiger partial charge in [0.05, 0.1) is 0 Å². The van der Waals surface area contributed by atoms with E-state index in [9.17, 15) is 23.9 Å². The zero-order valence-electron chi connectivity index (χ0n) is 16.2. The van der Waals surface area contributed by atoms with Crippen molar-refractivity contribution in [3.63, 3.8) is 0 Å². The summed E-state index contributed by atoms with van der Waals surface area (Å²) in [5, 5.41) is 14.3. The summed E-state index contributed by atoms with van der Waals surface area (Å²) in [6.45, 7) is 3.68. The molecule has 0 saturated heterocycles. The van der Waals surface area contributed by atoms with Gasteiger partial charge in [-0.05, 0) is 48.2 Å². The van der Waals surface area contributed by atoms with Gasteiger partial charge in [-0.2, -0.15) is 0 Å². The first kappa shape index (κ1) is 21.8. The number of halogens is 1. The Bertz CT molecular complexity index is 893. The first-order valence-electron chi connectivity index (χ1n) is 9.13. The second-order valence-electron chi connectivity index (χ2n) is 6.92. The summed E-state index contributed by atoms with van der Waals surface area (Å²) in [6.07, 6.45) is 1.60. The Labute approximate surface area is 168 Å². The van der Waals surface area contributed by atoms with Crippen LogP contribution in [0.3, 0.4) is 0 Å². The molecule has 0 aliphatic rings. The maximum absolute atomic E-state index is 13.2. The van der Waals surface area contributed by atoms with Crippen molar-refractivity contribution in [2.24, 2.45) is 5.92 Å². The fraction of sp³-hybridized carbons (Fsp3) is 0.227. The molecule has 6 nitrogen and oxygen atoms in total. The van der Waals surface area contributed by atoms with Crippen LogP contribution >= 0.6 is 0 Å². The highest BCUT2D eigenvalue weighted by Crippen LogP contribution is 2.11. The first-order valence-corrected chi connectivity index (χ1v) is 9.13. The Kier molecular flexibility index (Phi) is 7.65. The third-order valence-corrected chi connectivity index (χ3v) is 4.02. The van der Waals surface area contributed by atoms with E-state index in [0.29, 0.717) is 11.1 Å². The smallest absolute Gasteiger partial charge is 0.326 e. The lowest BCUT2D eigenvalue weighted by Gasteiger charge is -2.18. The molecule has 152 valence electrons. The summed E-state index contributed by atoms with van der Waals surface area (Å²) in [4.78, 5) is 36.7. The van der Waals surface area contributed by atoms with E-state index in [0.717, 1.165) is 0 Å². The van der Waals surface area contributed by atoms with Crippen LogP contribution in [0.2, 0.25) is 0 Å². The van der Waals surface area contributed by atoms with Gasteiger partial charge in [-0.15, -0.1) is 0 Å². The average Bonchev–Trinajstić information content (AvgIpc) is 2.68. The van der Waals surface area contributed by atoms with Crippen molar-refractivity contribution in [2.75, 3.05) is 0 Å². The molecule has 0 spiro atoms. The molecule has 0 saturated carbocycles. The van der Waals surface area contributed by atoms with Gasteiger partial charge < -0.3 is 15.7 Å². The van der Waals surface area contributed by atoms with E-state index in [4.69, 9.17) is 0 Å². The first-order chi connectivity index (χ1) is 13.8. The molecular formula is C22H23FN2O4. The monoisotopic (exact) mass is 398 g/mol. The lowest BCUT2D eigenvalue weighted by Crippen LogP contribution is -2.45. The minimum absolute atomic E-state index is 0.0415. The molecular weight excluding hydrogens is 375 g/mol. The van der Waals surface area contributed by atoms with Crippen LogP contribution < -0.4 is 10.6 Å². The van der Waals surface area contributed by atoms with E-state index >= 15 is 0 Å². The van der Waals surface area contributed by atoms with Gasteiger partial charge in [0.1, 0.15) is 17.6 Å². The summed E-state index contributed by atoms with van der Waals surface area (Å²) < 4.78 is 13.2. The van der Waals surface area contributed by atoms with Crippen LogP contribution in [0.4, 0.5) is 4.39 Å². The van der Waals surface area contributed by atoms with Crippen LogP contribution in [0.5, 0.6) is 0 Å². The number of rotatable bonds is 8. The topological polar surface area (TPSA) is 95.5 Å². The molecule has 3 N–H and O–H groups in total. The number of nitrogens with one attached hydrogen (secondary N) is 2. The highest BCUT2D eigenvalue weighted by molar-refractivity contribution is 6.06. The lowest BCUT2D eigenvalue weighted by atomic mass is 10.0. The molecule has 0 radical (unpaired) electrons. The number of carboxylic acid groups (broad SMARTS) is 1. The van der Waals surface area contributed by atoms with Crippen molar-refractivity contribution in [3.05, 3.63) is 77.2 Å². The van der Waals surface area contributed by atoms with Gasteiger partial charge >= 0.3 is 5.97 Å². The maximum atomic E-state index is 13.2. The molecule has 2 aromatic rings. The van der Waals surface area contributed by atoms with E-state index < -0.39 is 29.6 Å². The van der Waals surface area contributed by atoms with Gasteiger partial charge in [-0.3, -0.25) is 9.59 Å². The molecule has 0 bridgehead atoms. The standard InChI is InChI=1S/C22H23FN2O4/c1-14(2)12-19(22(28)29)25-21(27)18(13-15-8-10-17(23)11-9-15)24-20(26)16-6-4-3-5-7-16/h3-11,13-14,19H,12H2,1-2H3,(H,24,26)(H,25,27)(H,28,29)/b18-13-/t19-/m1/s1. The Balaban J connectivity index is 2.30. The summed E-state index contributed by atoms with van der Waals surface area (Å²) >= 11 is 0. The average molecular weight is 398 g/mol. The third kappa shape index (κ3) is 6.88. The second-order valence-corrected chi connectivity index (χ2v) is 6.92. The summed E-state index contributed by atoms with van der Waals surface area (Å²) in [6, 6.07) is 12.5. The number of amides is 2. The van der Waals surface area contributed by atoms with Crippen LogP contribution in [0.1, 0.15) is 36.2 Å². The highest BCUT2D eigenvalue weighted by Gasteiger charge is 2.24. The highest BCUT2D eigenvalue weighted by atomic mass is 19.1. The van der Waals surface area contributed by atoms with Crippen LogP contribution in [0, 0.1) is 11.7 Å². The van der Waals surface area contributed by atoms with Crippen molar-refractivity contribution in [3.8, 4) is 0 Å². The van der Waals surface area contributed by atoms with Crippen LogP contribution in [-0.4, -0.2) is 28.9 Å². The minimum Gasteiger partial charge on any atom is -0.480 e. The lowest BCUT2D eigenvalue weighted by molar-refractivity contribution is -0.141. The molecule has 0 fully saturated rings. The number of carbonyl (C=O) groups excluding carboxylic acids is 2. The van der Waals surface area contributed by atoms with Crippen LogP contribution in [0.25, 0.3) is 6.08 Å². The van der Waals surface area contributed by atoms with E-state index in [1.165, 1.54) is 30.3 Å². The van der Waals surface area contributed by atoms with Crippen molar-refractivity contribution < 1.29 is 23.9 Å². The van der Waals surface area contributed by atoms with E-state index in [-0.39, 0.29) is 18.0 Å².